The number of ether oxygens (including phenoxy) is 3. The minimum atomic E-state index is -0.730. The van der Waals surface area contributed by atoms with E-state index < -0.39 is 11.9 Å². The van der Waals surface area contributed by atoms with Crippen LogP contribution in [-0.2, 0) is 16.6 Å². The first-order valence-corrected chi connectivity index (χ1v) is 7.15. The summed E-state index contributed by atoms with van der Waals surface area (Å²) in [5.41, 5.74) is 0.303. The second kappa shape index (κ2) is 7.91. The van der Waals surface area contributed by atoms with Crippen molar-refractivity contribution < 1.29 is 23.8 Å². The summed E-state index contributed by atoms with van der Waals surface area (Å²) in [5.74, 6) is -0.745. The molecule has 130 valence electrons. The van der Waals surface area contributed by atoms with E-state index in [-0.39, 0.29) is 17.0 Å². The van der Waals surface area contributed by atoms with Crippen LogP contribution in [0.2, 0.25) is 0 Å². The average Bonchev–Trinajstić information content (AvgIpc) is 2.62. The Morgan fingerprint density at radius 3 is 2.52 bits per heavy atom. The Morgan fingerprint density at radius 2 is 1.88 bits per heavy atom. The molecule has 0 unspecified atom stereocenters. The fraction of sp³-hybridized carbons (Fsp3) is 0.176. The van der Waals surface area contributed by atoms with Crippen molar-refractivity contribution >= 4 is 18.0 Å². The highest BCUT2D eigenvalue weighted by atomic mass is 16.6. The first-order valence-electron chi connectivity index (χ1n) is 7.15. The molecule has 0 aliphatic carbocycles. The third kappa shape index (κ3) is 4.54. The number of aryl methyl sites for hydroxylation is 1. The highest BCUT2D eigenvalue weighted by Gasteiger charge is 2.15. The highest BCUT2D eigenvalue weighted by Crippen LogP contribution is 2.29. The van der Waals surface area contributed by atoms with Crippen LogP contribution in [0, 0.1) is 0 Å². The first kappa shape index (κ1) is 17.9. The number of carbonyl (C=O) groups excluding carboxylic acids is 2. The van der Waals surface area contributed by atoms with Crippen molar-refractivity contribution in [3.05, 3.63) is 58.0 Å². The number of hydrogen-bond donors (Lipinski definition) is 0. The maximum absolute atomic E-state index is 12.2. The summed E-state index contributed by atoms with van der Waals surface area (Å²) < 4.78 is 16.0. The van der Waals surface area contributed by atoms with Crippen LogP contribution in [0.3, 0.4) is 0 Å². The predicted octanol–water partition coefficient (Wildman–Crippen LogP) is 1.19. The van der Waals surface area contributed by atoms with Crippen molar-refractivity contribution in [2.45, 2.75) is 0 Å². The standard InChI is InChI=1S/C17H16N2O6/c1-19-15(20)8-6-12(18-19)17(22)25-13-7-4-11(10-14(13)23-2)5-9-16(21)24-3/h4-10H,1-3H3/b9-5+. The average molecular weight is 344 g/mol. The second-order valence-electron chi connectivity index (χ2n) is 4.84. The van der Waals surface area contributed by atoms with Crippen molar-refractivity contribution in [1.82, 2.24) is 9.78 Å². The molecule has 0 saturated heterocycles. The van der Waals surface area contributed by atoms with Crippen molar-refractivity contribution in [3.8, 4) is 11.5 Å². The molecule has 0 atom stereocenters. The van der Waals surface area contributed by atoms with Crippen LogP contribution >= 0.6 is 0 Å². The van der Waals surface area contributed by atoms with Crippen molar-refractivity contribution in [2.75, 3.05) is 14.2 Å². The minimum Gasteiger partial charge on any atom is -0.493 e. The zero-order chi connectivity index (χ0) is 18.4. The molecule has 8 nitrogen and oxygen atoms in total. The summed E-state index contributed by atoms with van der Waals surface area (Å²) in [5, 5.41) is 3.83. The number of methoxy groups -OCH3 is 2. The van der Waals surface area contributed by atoms with Crippen LogP contribution < -0.4 is 15.0 Å². The lowest BCUT2D eigenvalue weighted by Gasteiger charge is -2.10. The van der Waals surface area contributed by atoms with Crippen LogP contribution in [0.5, 0.6) is 11.5 Å². The summed E-state index contributed by atoms with van der Waals surface area (Å²) >= 11 is 0. The van der Waals surface area contributed by atoms with Gasteiger partial charge in [-0.3, -0.25) is 4.79 Å². The van der Waals surface area contributed by atoms with E-state index in [1.807, 2.05) is 0 Å². The molecule has 0 aliphatic heterocycles. The summed E-state index contributed by atoms with van der Waals surface area (Å²) in [6.07, 6.45) is 2.79. The normalized spacial score (nSPS) is 10.5. The third-order valence-electron chi connectivity index (χ3n) is 3.17. The van der Waals surface area contributed by atoms with E-state index in [1.165, 1.54) is 51.6 Å². The van der Waals surface area contributed by atoms with Gasteiger partial charge in [-0.2, -0.15) is 5.10 Å². The van der Waals surface area contributed by atoms with Crippen molar-refractivity contribution in [1.29, 1.82) is 0 Å². The molecule has 1 aromatic heterocycles. The lowest BCUT2D eigenvalue weighted by molar-refractivity contribution is -0.134. The first-order chi connectivity index (χ1) is 11.9. The Morgan fingerprint density at radius 1 is 1.12 bits per heavy atom. The number of hydrogen-bond acceptors (Lipinski definition) is 7. The molecule has 0 fully saturated rings. The van der Waals surface area contributed by atoms with Crippen LogP contribution in [0.15, 0.2) is 41.2 Å². The van der Waals surface area contributed by atoms with Gasteiger partial charge in [-0.25, -0.2) is 14.3 Å². The molecule has 0 amide bonds. The van der Waals surface area contributed by atoms with Crippen molar-refractivity contribution in [3.63, 3.8) is 0 Å². The fourth-order valence-electron chi connectivity index (χ4n) is 1.87. The number of rotatable bonds is 5. The van der Waals surface area contributed by atoms with Gasteiger partial charge >= 0.3 is 11.9 Å². The molecule has 0 N–H and O–H groups in total. The Labute approximate surface area is 143 Å². The maximum atomic E-state index is 12.2. The number of benzene rings is 1. The number of nitrogens with zero attached hydrogens (tertiary/aromatic N) is 2. The van der Waals surface area contributed by atoms with Gasteiger partial charge in [0.15, 0.2) is 17.2 Å². The number of esters is 2. The Bertz CT molecular complexity index is 885. The van der Waals surface area contributed by atoms with E-state index in [9.17, 15) is 14.4 Å². The zero-order valence-corrected chi connectivity index (χ0v) is 13.9. The monoisotopic (exact) mass is 344 g/mol. The van der Waals surface area contributed by atoms with Crippen molar-refractivity contribution in [2.24, 2.45) is 7.05 Å². The molecule has 25 heavy (non-hydrogen) atoms. The summed E-state index contributed by atoms with van der Waals surface area (Å²) in [7, 11) is 4.14. The van der Waals surface area contributed by atoms with E-state index in [0.717, 1.165) is 4.68 Å². The van der Waals surface area contributed by atoms with Crippen LogP contribution in [0.4, 0.5) is 0 Å². The van der Waals surface area contributed by atoms with E-state index in [4.69, 9.17) is 9.47 Å². The van der Waals surface area contributed by atoms with E-state index in [1.54, 1.807) is 12.1 Å². The lowest BCUT2D eigenvalue weighted by atomic mass is 10.2. The number of carbonyl (C=O) groups is 2. The smallest absolute Gasteiger partial charge is 0.364 e. The molecule has 0 saturated carbocycles. The topological polar surface area (TPSA) is 96.7 Å². The quantitative estimate of drug-likeness (QED) is 0.457. The Balaban J connectivity index is 2.22. The van der Waals surface area contributed by atoms with Crippen LogP contribution in [0.1, 0.15) is 16.1 Å². The van der Waals surface area contributed by atoms with Gasteiger partial charge in [0.05, 0.1) is 14.2 Å². The van der Waals surface area contributed by atoms with Gasteiger partial charge in [0.1, 0.15) is 0 Å². The molecule has 0 bridgehead atoms. The molecule has 0 spiro atoms. The summed E-state index contributed by atoms with van der Waals surface area (Å²) in [6.45, 7) is 0. The zero-order valence-electron chi connectivity index (χ0n) is 13.9. The van der Waals surface area contributed by atoms with Gasteiger partial charge in [0, 0.05) is 19.2 Å². The highest BCUT2D eigenvalue weighted by molar-refractivity contribution is 5.89. The lowest BCUT2D eigenvalue weighted by Crippen LogP contribution is -2.22. The molecule has 2 rings (SSSR count). The molecule has 1 aromatic carbocycles. The van der Waals surface area contributed by atoms with E-state index in [0.29, 0.717) is 11.3 Å². The molecule has 8 heteroatoms. The Kier molecular flexibility index (Phi) is 5.67. The second-order valence-corrected chi connectivity index (χ2v) is 4.84. The SMILES string of the molecule is COC(=O)/C=C/c1ccc(OC(=O)c2ccc(=O)n(C)n2)c(OC)c1. The van der Waals surface area contributed by atoms with Crippen LogP contribution in [-0.4, -0.2) is 35.9 Å². The maximum Gasteiger partial charge on any atom is 0.364 e. The molecule has 2 aromatic rings. The van der Waals surface area contributed by atoms with E-state index >= 15 is 0 Å². The van der Waals surface area contributed by atoms with Gasteiger partial charge in [-0.1, -0.05) is 6.07 Å². The minimum absolute atomic E-state index is 0.0150. The van der Waals surface area contributed by atoms with Crippen LogP contribution in [0.25, 0.3) is 6.08 Å². The molecule has 0 radical (unpaired) electrons. The summed E-state index contributed by atoms with van der Waals surface area (Å²) in [4.78, 5) is 34.6. The predicted molar refractivity (Wildman–Crippen MR) is 88.5 cm³/mol. The number of aromatic nitrogens is 2. The van der Waals surface area contributed by atoms with Gasteiger partial charge in [-0.05, 0) is 29.8 Å². The van der Waals surface area contributed by atoms with Gasteiger partial charge in [-0.15, -0.1) is 0 Å². The summed E-state index contributed by atoms with van der Waals surface area (Å²) in [6, 6.07) is 7.26. The molecule has 0 aliphatic rings. The molecular formula is C17H16N2O6. The third-order valence-corrected chi connectivity index (χ3v) is 3.17. The van der Waals surface area contributed by atoms with Gasteiger partial charge in [0.2, 0.25) is 0 Å². The molecular weight excluding hydrogens is 328 g/mol. The van der Waals surface area contributed by atoms with E-state index in [2.05, 4.69) is 9.84 Å². The fourth-order valence-corrected chi connectivity index (χ4v) is 1.87. The Hall–Kier alpha value is -3.42. The van der Waals surface area contributed by atoms with Gasteiger partial charge < -0.3 is 14.2 Å². The largest absolute Gasteiger partial charge is 0.493 e. The molecule has 1 heterocycles. The van der Waals surface area contributed by atoms with Gasteiger partial charge in [0.25, 0.3) is 5.56 Å².